The van der Waals surface area contributed by atoms with Gasteiger partial charge in [0, 0.05) is 20.4 Å². The minimum atomic E-state index is -5.82. The third-order valence-corrected chi connectivity index (χ3v) is 0.515. The van der Waals surface area contributed by atoms with Crippen molar-refractivity contribution in [1.29, 1.82) is 0 Å². The Morgan fingerprint density at radius 3 is 1.00 bits per heavy atom. The van der Waals surface area contributed by atoms with E-state index in [1.54, 1.807) is 0 Å². The molecule has 0 aromatic carbocycles. The summed E-state index contributed by atoms with van der Waals surface area (Å²) >= 11 is 0. The monoisotopic (exact) mass is 288 g/mol. The van der Waals surface area contributed by atoms with Crippen LogP contribution in [-0.2, 0) is 25.2 Å². The summed E-state index contributed by atoms with van der Waals surface area (Å²) in [5.74, 6) is -3.68. The maximum absolute atomic E-state index is 10.9. The van der Waals surface area contributed by atoms with E-state index in [4.69, 9.17) is 0 Å². The average molecular weight is 288 g/mol. The molecule has 0 atom stereocenters. The molecule has 0 aliphatic heterocycles. The molecule has 0 unspecified atom stereocenters. The summed E-state index contributed by atoms with van der Waals surface area (Å²) in [5, 5.41) is 0. The van der Waals surface area contributed by atoms with Gasteiger partial charge in [-0.1, -0.05) is 7.43 Å². The molecule has 0 fully saturated rings. The van der Waals surface area contributed by atoms with E-state index in [0.717, 1.165) is 0 Å². The topological polar surface area (TPSA) is 17.1 Å². The molecule has 0 bridgehead atoms. The third-order valence-electron chi connectivity index (χ3n) is 0.515. The van der Waals surface area contributed by atoms with Crippen LogP contribution in [0.15, 0.2) is 0 Å². The first-order valence-electron chi connectivity index (χ1n) is 1.84. The maximum Gasteiger partial charge on any atom is 0.459 e. The summed E-state index contributed by atoms with van der Waals surface area (Å²) in [4.78, 5) is 9.24. The first kappa shape index (κ1) is 17.9. The van der Waals surface area contributed by atoms with Gasteiger partial charge >= 0.3 is 18.1 Å². The van der Waals surface area contributed by atoms with Crippen molar-refractivity contribution in [3.63, 3.8) is 0 Å². The van der Waals surface area contributed by atoms with Crippen LogP contribution in [0.5, 0.6) is 0 Å². The minimum absolute atomic E-state index is 0. The molecule has 0 aliphatic rings. The Balaban J connectivity index is -0.000000405. The number of hydrogen-bond acceptors (Lipinski definition) is 1. The van der Waals surface area contributed by atoms with Crippen molar-refractivity contribution in [2.45, 2.75) is 19.8 Å². The summed E-state index contributed by atoms with van der Waals surface area (Å²) in [6.45, 7) is 0. The number of ketones is 1. The molecule has 12 heavy (non-hydrogen) atoms. The van der Waals surface area contributed by atoms with Gasteiger partial charge in [-0.15, -0.1) is 0 Å². The zero-order valence-corrected chi connectivity index (χ0v) is 6.05. The Morgan fingerprint density at radius 2 is 1.00 bits per heavy atom. The standard InChI is InChI=1S/C3F6O.CH4.Pd/c4-2(5,6)1(10)3(7,8)9;;/h;1H4;. The van der Waals surface area contributed by atoms with Crippen molar-refractivity contribution in [2.75, 3.05) is 0 Å². The van der Waals surface area contributed by atoms with E-state index < -0.39 is 18.1 Å². The van der Waals surface area contributed by atoms with E-state index in [-0.39, 0.29) is 27.8 Å². The fourth-order valence-corrected chi connectivity index (χ4v) is 0.161. The maximum atomic E-state index is 10.9. The molecule has 0 aromatic rings. The van der Waals surface area contributed by atoms with Crippen LogP contribution in [0.4, 0.5) is 26.3 Å². The molecule has 0 spiro atoms. The Labute approximate surface area is 77.8 Å². The molecule has 0 aromatic heterocycles. The van der Waals surface area contributed by atoms with Gasteiger partial charge in [0.2, 0.25) is 0 Å². The summed E-state index contributed by atoms with van der Waals surface area (Å²) in [7, 11) is 0. The molecule has 0 N–H and O–H groups in total. The second kappa shape index (κ2) is 4.82. The number of alkyl halides is 6. The normalized spacial score (nSPS) is 11.2. The molecule has 8 heteroatoms. The van der Waals surface area contributed by atoms with Crippen LogP contribution in [0.2, 0.25) is 0 Å². The Morgan fingerprint density at radius 1 is 0.833 bits per heavy atom. The fourth-order valence-electron chi connectivity index (χ4n) is 0.161. The predicted molar refractivity (Wildman–Crippen MR) is 23.8 cm³/mol. The van der Waals surface area contributed by atoms with Crippen LogP contribution >= 0.6 is 0 Å². The molecule has 0 saturated heterocycles. The van der Waals surface area contributed by atoms with Gasteiger partial charge in [0.25, 0.3) is 0 Å². The van der Waals surface area contributed by atoms with Gasteiger partial charge in [-0.05, 0) is 0 Å². The number of carbonyl (C=O) groups is 1. The van der Waals surface area contributed by atoms with E-state index in [0.29, 0.717) is 0 Å². The molecule has 0 saturated carbocycles. The SMILES string of the molecule is C.O=C(C(F)(F)F)C(F)(F)F.[Pd]. The van der Waals surface area contributed by atoms with Crippen LogP contribution in [0.1, 0.15) is 7.43 Å². The number of Topliss-reactive ketones (excluding diaryl/α,β-unsaturated/α-hetero) is 1. The molecule has 0 heterocycles. The van der Waals surface area contributed by atoms with Crippen molar-refractivity contribution in [2.24, 2.45) is 0 Å². The average Bonchev–Trinajstić information content (AvgIpc) is 1.59. The summed E-state index contributed by atoms with van der Waals surface area (Å²) < 4.78 is 65.3. The largest absolute Gasteiger partial charge is 0.459 e. The van der Waals surface area contributed by atoms with Crippen molar-refractivity contribution in [3.8, 4) is 0 Å². The summed E-state index contributed by atoms with van der Waals surface area (Å²) in [6.07, 6.45) is -11.6. The quantitative estimate of drug-likeness (QED) is 0.494. The first-order chi connectivity index (χ1) is 4.15. The first-order valence-corrected chi connectivity index (χ1v) is 1.84. The zero-order chi connectivity index (χ0) is 8.58. The van der Waals surface area contributed by atoms with E-state index in [1.165, 1.54) is 0 Å². The molecule has 0 amide bonds. The van der Waals surface area contributed by atoms with E-state index >= 15 is 0 Å². The third kappa shape index (κ3) is 5.55. The number of carbonyl (C=O) groups excluding carboxylic acids is 1. The van der Waals surface area contributed by atoms with Gasteiger partial charge in [0.1, 0.15) is 0 Å². The van der Waals surface area contributed by atoms with E-state index in [2.05, 4.69) is 0 Å². The van der Waals surface area contributed by atoms with Gasteiger partial charge in [0.15, 0.2) is 0 Å². The fraction of sp³-hybridized carbons (Fsp3) is 0.750. The van der Waals surface area contributed by atoms with Gasteiger partial charge in [-0.2, -0.15) is 26.3 Å². The molecule has 0 radical (unpaired) electrons. The van der Waals surface area contributed by atoms with Gasteiger partial charge in [-0.25, -0.2) is 0 Å². The number of hydrogen-bond donors (Lipinski definition) is 0. The van der Waals surface area contributed by atoms with Crippen molar-refractivity contribution < 1.29 is 51.6 Å². The van der Waals surface area contributed by atoms with Crippen molar-refractivity contribution >= 4 is 5.78 Å². The van der Waals surface area contributed by atoms with Crippen LogP contribution < -0.4 is 0 Å². The molecule has 78 valence electrons. The number of rotatable bonds is 0. The van der Waals surface area contributed by atoms with Gasteiger partial charge in [-0.3, -0.25) is 4.79 Å². The molecule has 1 nitrogen and oxygen atoms in total. The Bertz CT molecular complexity index is 131. The second-order valence-electron chi connectivity index (χ2n) is 1.32. The van der Waals surface area contributed by atoms with Gasteiger partial charge in [0.05, 0.1) is 0 Å². The van der Waals surface area contributed by atoms with Crippen LogP contribution in [-0.4, -0.2) is 18.1 Å². The Hall–Kier alpha value is -0.0877. The summed E-state index contributed by atoms with van der Waals surface area (Å²) in [5.41, 5.74) is 0. The predicted octanol–water partition coefficient (Wildman–Crippen LogP) is 2.31. The zero-order valence-electron chi connectivity index (χ0n) is 4.49. The van der Waals surface area contributed by atoms with Crippen LogP contribution in [0.3, 0.4) is 0 Å². The second-order valence-corrected chi connectivity index (χ2v) is 1.32. The molecular formula is C4H4F6OPd. The van der Waals surface area contributed by atoms with Crippen LogP contribution in [0, 0.1) is 0 Å². The van der Waals surface area contributed by atoms with Crippen molar-refractivity contribution in [1.82, 2.24) is 0 Å². The van der Waals surface area contributed by atoms with Crippen molar-refractivity contribution in [3.05, 3.63) is 0 Å². The minimum Gasteiger partial charge on any atom is -0.279 e. The number of halogens is 6. The summed E-state index contributed by atoms with van der Waals surface area (Å²) in [6, 6.07) is 0. The van der Waals surface area contributed by atoms with E-state index in [9.17, 15) is 31.1 Å². The Kier molecular flexibility index (Phi) is 7.18. The smallest absolute Gasteiger partial charge is 0.279 e. The molecule has 0 rings (SSSR count). The van der Waals surface area contributed by atoms with Crippen LogP contribution in [0.25, 0.3) is 0 Å². The van der Waals surface area contributed by atoms with E-state index in [1.807, 2.05) is 0 Å². The molecular weight excluding hydrogens is 284 g/mol. The van der Waals surface area contributed by atoms with Gasteiger partial charge < -0.3 is 0 Å². The molecule has 0 aliphatic carbocycles.